The third kappa shape index (κ3) is 3.62. The minimum atomic E-state index is -4.40. The van der Waals surface area contributed by atoms with Crippen molar-refractivity contribution < 1.29 is 13.2 Å². The number of thiazole rings is 1. The molecule has 136 valence electrons. The fourth-order valence-electron chi connectivity index (χ4n) is 3.16. The van der Waals surface area contributed by atoms with Gasteiger partial charge in [0.25, 0.3) is 0 Å². The summed E-state index contributed by atoms with van der Waals surface area (Å²) >= 11 is 1.65. The van der Waals surface area contributed by atoms with Gasteiger partial charge in [0, 0.05) is 16.9 Å². The summed E-state index contributed by atoms with van der Waals surface area (Å²) in [6, 6.07) is 4.93. The standard InChI is InChI=1S/C17H16F3N5S/c18-17(19,20)13-7-3-6-12(8-13)15-22-24-25(23-15)9-14-10-26-16(21-14)11-4-1-2-5-11/h3,6-8,10-11H,1-2,4-5,9H2. The number of tetrazole rings is 1. The summed E-state index contributed by atoms with van der Waals surface area (Å²) in [4.78, 5) is 6.02. The molecule has 0 atom stereocenters. The maximum absolute atomic E-state index is 12.8. The Hall–Kier alpha value is -2.29. The Bertz CT molecular complexity index is 896. The van der Waals surface area contributed by atoms with Gasteiger partial charge < -0.3 is 0 Å². The van der Waals surface area contributed by atoms with Crippen molar-refractivity contribution in [2.45, 2.75) is 44.3 Å². The van der Waals surface area contributed by atoms with E-state index in [1.165, 1.54) is 42.6 Å². The second kappa shape index (κ2) is 6.79. The normalized spacial score (nSPS) is 15.7. The highest BCUT2D eigenvalue weighted by molar-refractivity contribution is 7.09. The molecule has 26 heavy (non-hydrogen) atoms. The van der Waals surface area contributed by atoms with E-state index in [0.717, 1.165) is 22.8 Å². The van der Waals surface area contributed by atoms with Gasteiger partial charge in [0.1, 0.15) is 6.54 Å². The van der Waals surface area contributed by atoms with Gasteiger partial charge in [-0.1, -0.05) is 25.0 Å². The van der Waals surface area contributed by atoms with Gasteiger partial charge in [-0.05, 0) is 30.2 Å². The van der Waals surface area contributed by atoms with E-state index in [4.69, 9.17) is 0 Å². The van der Waals surface area contributed by atoms with Crippen LogP contribution < -0.4 is 0 Å². The van der Waals surface area contributed by atoms with E-state index in [0.29, 0.717) is 12.5 Å². The van der Waals surface area contributed by atoms with Crippen molar-refractivity contribution in [1.82, 2.24) is 25.2 Å². The molecule has 1 saturated carbocycles. The molecule has 3 aromatic rings. The molecule has 2 aromatic heterocycles. The fourth-order valence-corrected chi connectivity index (χ4v) is 4.14. The molecule has 0 amide bonds. The molecule has 1 aromatic carbocycles. The second-order valence-electron chi connectivity index (χ2n) is 6.38. The van der Waals surface area contributed by atoms with Gasteiger partial charge in [-0.2, -0.15) is 18.0 Å². The lowest BCUT2D eigenvalue weighted by molar-refractivity contribution is -0.137. The monoisotopic (exact) mass is 379 g/mol. The topological polar surface area (TPSA) is 56.5 Å². The van der Waals surface area contributed by atoms with Crippen LogP contribution in [0.3, 0.4) is 0 Å². The first-order valence-electron chi connectivity index (χ1n) is 8.39. The van der Waals surface area contributed by atoms with Crippen LogP contribution in [0.2, 0.25) is 0 Å². The Morgan fingerprint density at radius 2 is 2.00 bits per heavy atom. The van der Waals surface area contributed by atoms with E-state index in [1.807, 2.05) is 5.38 Å². The van der Waals surface area contributed by atoms with Crippen molar-refractivity contribution in [3.05, 3.63) is 45.9 Å². The van der Waals surface area contributed by atoms with Gasteiger partial charge in [0.15, 0.2) is 0 Å². The first kappa shape index (κ1) is 17.1. The van der Waals surface area contributed by atoms with Crippen LogP contribution in [0.15, 0.2) is 29.6 Å². The van der Waals surface area contributed by atoms with E-state index in [2.05, 4.69) is 20.4 Å². The molecule has 0 N–H and O–H groups in total. The summed E-state index contributed by atoms with van der Waals surface area (Å²) in [7, 11) is 0. The predicted molar refractivity (Wildman–Crippen MR) is 90.7 cm³/mol. The van der Waals surface area contributed by atoms with E-state index in [9.17, 15) is 13.2 Å². The molecular formula is C17H16F3N5S. The molecule has 5 nitrogen and oxygen atoms in total. The number of rotatable bonds is 4. The minimum Gasteiger partial charge on any atom is -0.244 e. The molecule has 0 bridgehead atoms. The van der Waals surface area contributed by atoms with Crippen LogP contribution in [0, 0.1) is 0 Å². The van der Waals surface area contributed by atoms with Crippen molar-refractivity contribution in [2.24, 2.45) is 0 Å². The highest BCUT2D eigenvalue weighted by atomic mass is 32.1. The zero-order valence-electron chi connectivity index (χ0n) is 13.8. The molecule has 4 rings (SSSR count). The number of benzene rings is 1. The average molecular weight is 379 g/mol. The van der Waals surface area contributed by atoms with Gasteiger partial charge in [-0.15, -0.1) is 21.5 Å². The van der Waals surface area contributed by atoms with E-state index >= 15 is 0 Å². The Morgan fingerprint density at radius 1 is 1.19 bits per heavy atom. The van der Waals surface area contributed by atoms with Crippen LogP contribution in [0.25, 0.3) is 11.4 Å². The molecule has 0 aliphatic heterocycles. The number of aromatic nitrogens is 5. The van der Waals surface area contributed by atoms with Crippen LogP contribution in [0.4, 0.5) is 13.2 Å². The molecule has 1 fully saturated rings. The van der Waals surface area contributed by atoms with Crippen molar-refractivity contribution in [1.29, 1.82) is 0 Å². The first-order valence-corrected chi connectivity index (χ1v) is 9.27. The van der Waals surface area contributed by atoms with Crippen molar-refractivity contribution in [3.63, 3.8) is 0 Å². The molecule has 1 aliphatic carbocycles. The Balaban J connectivity index is 1.50. The van der Waals surface area contributed by atoms with Crippen molar-refractivity contribution in [3.8, 4) is 11.4 Å². The third-order valence-electron chi connectivity index (χ3n) is 4.48. The molecule has 0 radical (unpaired) electrons. The van der Waals surface area contributed by atoms with E-state index in [1.54, 1.807) is 11.3 Å². The number of hydrogen-bond donors (Lipinski definition) is 0. The Kier molecular flexibility index (Phi) is 4.47. The Labute approximate surface area is 151 Å². The van der Waals surface area contributed by atoms with Crippen molar-refractivity contribution in [2.75, 3.05) is 0 Å². The zero-order valence-corrected chi connectivity index (χ0v) is 14.6. The lowest BCUT2D eigenvalue weighted by Gasteiger charge is -2.06. The van der Waals surface area contributed by atoms with Gasteiger partial charge in [0.2, 0.25) is 5.82 Å². The van der Waals surface area contributed by atoms with E-state index in [-0.39, 0.29) is 11.4 Å². The predicted octanol–water partition coefficient (Wildman–Crippen LogP) is 4.52. The summed E-state index contributed by atoms with van der Waals surface area (Å²) in [6.07, 6.45) is 0.487. The smallest absolute Gasteiger partial charge is 0.244 e. The van der Waals surface area contributed by atoms with Gasteiger partial charge in [0.05, 0.1) is 16.3 Å². The summed E-state index contributed by atoms with van der Waals surface area (Å²) < 4.78 is 38.5. The number of nitrogens with zero attached hydrogens (tertiary/aromatic N) is 5. The summed E-state index contributed by atoms with van der Waals surface area (Å²) in [6.45, 7) is 0.356. The highest BCUT2D eigenvalue weighted by Crippen LogP contribution is 2.35. The van der Waals surface area contributed by atoms with Crippen molar-refractivity contribution >= 4 is 11.3 Å². The first-order chi connectivity index (χ1) is 12.5. The maximum Gasteiger partial charge on any atom is 0.416 e. The lowest BCUT2D eigenvalue weighted by atomic mass is 10.1. The van der Waals surface area contributed by atoms with Gasteiger partial charge in [-0.3, -0.25) is 0 Å². The third-order valence-corrected chi connectivity index (χ3v) is 5.53. The van der Waals surface area contributed by atoms with Crippen LogP contribution in [0.1, 0.15) is 47.9 Å². The lowest BCUT2D eigenvalue weighted by Crippen LogP contribution is -2.05. The number of hydrogen-bond acceptors (Lipinski definition) is 5. The molecule has 1 aliphatic rings. The molecule has 9 heteroatoms. The average Bonchev–Trinajstić information content (AvgIpc) is 3.36. The maximum atomic E-state index is 12.8. The molecule has 0 unspecified atom stereocenters. The zero-order chi connectivity index (χ0) is 18.1. The second-order valence-corrected chi connectivity index (χ2v) is 7.27. The van der Waals surface area contributed by atoms with E-state index < -0.39 is 11.7 Å². The largest absolute Gasteiger partial charge is 0.416 e. The summed E-state index contributed by atoms with van der Waals surface area (Å²) in [5, 5.41) is 15.2. The van der Waals surface area contributed by atoms with Crippen LogP contribution in [-0.4, -0.2) is 25.2 Å². The van der Waals surface area contributed by atoms with Crippen LogP contribution in [-0.2, 0) is 12.7 Å². The molecule has 0 saturated heterocycles. The molecule has 2 heterocycles. The van der Waals surface area contributed by atoms with Crippen LogP contribution in [0.5, 0.6) is 0 Å². The molecular weight excluding hydrogens is 363 g/mol. The fraction of sp³-hybridized carbons (Fsp3) is 0.412. The van der Waals surface area contributed by atoms with Gasteiger partial charge >= 0.3 is 6.18 Å². The summed E-state index contributed by atoms with van der Waals surface area (Å²) in [5.74, 6) is 0.723. The minimum absolute atomic E-state index is 0.169. The van der Waals surface area contributed by atoms with Gasteiger partial charge in [-0.25, -0.2) is 4.98 Å². The molecule has 0 spiro atoms. The quantitative estimate of drug-likeness (QED) is 0.669. The number of halogens is 3. The number of alkyl halides is 3. The highest BCUT2D eigenvalue weighted by Gasteiger charge is 2.30. The Morgan fingerprint density at radius 3 is 2.77 bits per heavy atom. The van der Waals surface area contributed by atoms with Crippen LogP contribution >= 0.6 is 11.3 Å². The SMILES string of the molecule is FC(F)(F)c1cccc(-c2nnn(Cc3csc(C4CCCC4)n3)n2)c1. The summed E-state index contributed by atoms with van der Waals surface area (Å²) in [5.41, 5.74) is 0.410.